The molecule has 3 N–H and O–H groups in total. The molecule has 0 amide bonds. The second-order valence-electron chi connectivity index (χ2n) is 4.15. The summed E-state index contributed by atoms with van der Waals surface area (Å²) < 4.78 is 7.30. The van der Waals surface area contributed by atoms with Crippen molar-refractivity contribution in [1.29, 1.82) is 0 Å². The van der Waals surface area contributed by atoms with Gasteiger partial charge in [0.05, 0.1) is 16.9 Å². The first-order chi connectivity index (χ1) is 8.90. The highest BCUT2D eigenvalue weighted by atomic mass is 16.5. The van der Waals surface area contributed by atoms with E-state index in [1.807, 2.05) is 13.8 Å². The molecule has 2 heterocycles. The van der Waals surface area contributed by atoms with Crippen molar-refractivity contribution in [1.82, 2.24) is 14.8 Å². The van der Waals surface area contributed by atoms with E-state index >= 15 is 0 Å². The van der Waals surface area contributed by atoms with Gasteiger partial charge in [-0.15, -0.1) is 0 Å². The smallest absolute Gasteiger partial charge is 0.337 e. The fraction of sp³-hybridized carbons (Fsp3) is 0.250. The molecule has 0 aliphatic rings. The molecule has 0 unspecified atom stereocenters. The molecular weight excluding hydrogens is 248 g/mol. The van der Waals surface area contributed by atoms with Crippen molar-refractivity contribution in [2.75, 3.05) is 5.73 Å². The molecule has 2 aromatic heterocycles. The molecule has 0 spiro atoms. The number of aromatic carboxylic acids is 1. The second-order valence-corrected chi connectivity index (χ2v) is 4.15. The Kier molecular flexibility index (Phi) is 3.12. The van der Waals surface area contributed by atoms with Gasteiger partial charge in [-0.2, -0.15) is 5.10 Å². The highest BCUT2D eigenvalue weighted by molar-refractivity contribution is 5.88. The Morgan fingerprint density at radius 1 is 1.47 bits per heavy atom. The maximum absolute atomic E-state index is 10.8. The monoisotopic (exact) mass is 262 g/mol. The number of nitrogen functional groups attached to an aromatic ring is 1. The molecule has 0 aliphatic heterocycles. The summed E-state index contributed by atoms with van der Waals surface area (Å²) in [6, 6.07) is 1.31. The molecule has 19 heavy (non-hydrogen) atoms. The number of anilines is 1. The zero-order valence-corrected chi connectivity index (χ0v) is 10.8. The number of hydrogen-bond donors (Lipinski definition) is 2. The van der Waals surface area contributed by atoms with E-state index in [0.717, 1.165) is 5.69 Å². The van der Waals surface area contributed by atoms with Crippen LogP contribution in [0.2, 0.25) is 0 Å². The minimum Gasteiger partial charge on any atom is -0.478 e. The average molecular weight is 262 g/mol. The van der Waals surface area contributed by atoms with E-state index in [4.69, 9.17) is 15.6 Å². The molecule has 2 aromatic rings. The molecule has 0 aliphatic carbocycles. The lowest BCUT2D eigenvalue weighted by molar-refractivity contribution is 0.0696. The highest BCUT2D eigenvalue weighted by Crippen LogP contribution is 2.30. The fourth-order valence-corrected chi connectivity index (χ4v) is 1.67. The maximum Gasteiger partial charge on any atom is 0.337 e. The van der Waals surface area contributed by atoms with Gasteiger partial charge in [0, 0.05) is 13.2 Å². The Balaban J connectivity index is 2.36. The van der Waals surface area contributed by atoms with Crippen molar-refractivity contribution in [3.63, 3.8) is 0 Å². The van der Waals surface area contributed by atoms with Gasteiger partial charge >= 0.3 is 5.97 Å². The first-order valence-electron chi connectivity index (χ1n) is 5.57. The molecular formula is C12H14N4O3. The maximum atomic E-state index is 10.8. The molecule has 0 radical (unpaired) electrons. The van der Waals surface area contributed by atoms with Gasteiger partial charge in [0.1, 0.15) is 5.69 Å². The summed E-state index contributed by atoms with van der Waals surface area (Å²) in [6.45, 7) is 3.67. The molecule has 0 atom stereocenters. The van der Waals surface area contributed by atoms with Crippen LogP contribution < -0.4 is 10.5 Å². The fourth-order valence-electron chi connectivity index (χ4n) is 1.67. The predicted octanol–water partition coefficient (Wildman–Crippen LogP) is 1.50. The molecule has 0 saturated heterocycles. The van der Waals surface area contributed by atoms with Gasteiger partial charge in [-0.25, -0.2) is 9.78 Å². The molecule has 0 bridgehead atoms. The number of nitrogens with two attached hydrogens (primary N) is 1. The lowest BCUT2D eigenvalue weighted by Crippen LogP contribution is -2.02. The Hall–Kier alpha value is -2.57. The number of rotatable bonds is 3. The first kappa shape index (κ1) is 12.9. The van der Waals surface area contributed by atoms with Crippen LogP contribution in [0.3, 0.4) is 0 Å². The third-order valence-corrected chi connectivity index (χ3v) is 2.77. The summed E-state index contributed by atoms with van der Waals surface area (Å²) in [6.07, 6.45) is 1.20. The van der Waals surface area contributed by atoms with Crippen LogP contribution in [0.25, 0.3) is 0 Å². The second kappa shape index (κ2) is 4.60. The van der Waals surface area contributed by atoms with Gasteiger partial charge in [0.25, 0.3) is 0 Å². The van der Waals surface area contributed by atoms with E-state index in [-0.39, 0.29) is 17.1 Å². The van der Waals surface area contributed by atoms with Crippen LogP contribution in [-0.2, 0) is 7.05 Å². The summed E-state index contributed by atoms with van der Waals surface area (Å²) in [4.78, 5) is 14.7. The van der Waals surface area contributed by atoms with Crippen LogP contribution in [0.5, 0.6) is 11.6 Å². The van der Waals surface area contributed by atoms with E-state index in [2.05, 4.69) is 10.1 Å². The standard InChI is InChI=1S/C12H14N4O3/c1-6-10(7(2)16(3)15-6)19-11-9(13)4-8(5-14-11)12(17)18/h4-5H,13H2,1-3H3,(H,17,18). The number of aromatic nitrogens is 3. The number of carboxylic acid groups (broad SMARTS) is 1. The number of pyridine rings is 1. The zero-order chi connectivity index (χ0) is 14.2. The number of carbonyl (C=O) groups is 1. The molecule has 7 nitrogen and oxygen atoms in total. The number of aryl methyl sites for hydroxylation is 2. The van der Waals surface area contributed by atoms with Crippen molar-refractivity contribution in [2.45, 2.75) is 13.8 Å². The van der Waals surface area contributed by atoms with Crippen molar-refractivity contribution >= 4 is 11.7 Å². The van der Waals surface area contributed by atoms with Crippen LogP contribution >= 0.6 is 0 Å². The lowest BCUT2D eigenvalue weighted by Gasteiger charge is -2.08. The summed E-state index contributed by atoms with van der Waals surface area (Å²) in [5, 5.41) is 13.0. The number of carboxylic acids is 1. The molecule has 2 rings (SSSR count). The summed E-state index contributed by atoms with van der Waals surface area (Å²) in [5.74, 6) is -0.339. The molecule has 0 aromatic carbocycles. The Morgan fingerprint density at radius 3 is 2.63 bits per heavy atom. The SMILES string of the molecule is Cc1nn(C)c(C)c1Oc1ncc(C(=O)O)cc1N. The van der Waals surface area contributed by atoms with Crippen molar-refractivity contribution < 1.29 is 14.6 Å². The van der Waals surface area contributed by atoms with E-state index in [1.54, 1.807) is 11.7 Å². The van der Waals surface area contributed by atoms with Crippen molar-refractivity contribution in [3.8, 4) is 11.6 Å². The molecule has 7 heteroatoms. The van der Waals surface area contributed by atoms with E-state index in [0.29, 0.717) is 11.4 Å². The van der Waals surface area contributed by atoms with Crippen molar-refractivity contribution in [2.24, 2.45) is 7.05 Å². The third kappa shape index (κ3) is 2.35. The normalized spacial score (nSPS) is 10.5. The quantitative estimate of drug-likeness (QED) is 0.868. The number of ether oxygens (including phenoxy) is 1. The van der Waals surface area contributed by atoms with Crippen LogP contribution in [0.1, 0.15) is 21.7 Å². The van der Waals surface area contributed by atoms with Gasteiger partial charge in [-0.3, -0.25) is 4.68 Å². The van der Waals surface area contributed by atoms with Crippen molar-refractivity contribution in [3.05, 3.63) is 29.2 Å². The van der Waals surface area contributed by atoms with Crippen LogP contribution in [0, 0.1) is 13.8 Å². The molecule has 0 fully saturated rings. The zero-order valence-electron chi connectivity index (χ0n) is 10.8. The largest absolute Gasteiger partial charge is 0.478 e. The van der Waals surface area contributed by atoms with Gasteiger partial charge in [0.15, 0.2) is 5.75 Å². The van der Waals surface area contributed by atoms with E-state index in [9.17, 15) is 4.79 Å². The van der Waals surface area contributed by atoms with Gasteiger partial charge < -0.3 is 15.6 Å². The lowest BCUT2D eigenvalue weighted by atomic mass is 10.2. The van der Waals surface area contributed by atoms with Gasteiger partial charge in [0.2, 0.25) is 5.88 Å². The Morgan fingerprint density at radius 2 is 2.16 bits per heavy atom. The molecule has 0 saturated carbocycles. The molecule has 100 valence electrons. The number of nitrogens with zero attached hydrogens (tertiary/aromatic N) is 3. The minimum absolute atomic E-state index is 0.0180. The topological polar surface area (TPSA) is 103 Å². The summed E-state index contributed by atoms with van der Waals surface area (Å²) >= 11 is 0. The highest BCUT2D eigenvalue weighted by Gasteiger charge is 2.15. The van der Waals surface area contributed by atoms with Gasteiger partial charge in [-0.1, -0.05) is 0 Å². The van der Waals surface area contributed by atoms with Crippen LogP contribution in [0.15, 0.2) is 12.3 Å². The van der Waals surface area contributed by atoms with Crippen LogP contribution in [-0.4, -0.2) is 25.8 Å². The van der Waals surface area contributed by atoms with E-state index < -0.39 is 5.97 Å². The predicted molar refractivity (Wildman–Crippen MR) is 68.4 cm³/mol. The van der Waals surface area contributed by atoms with E-state index in [1.165, 1.54) is 12.3 Å². The summed E-state index contributed by atoms with van der Waals surface area (Å²) in [7, 11) is 1.81. The first-order valence-corrected chi connectivity index (χ1v) is 5.57. The third-order valence-electron chi connectivity index (χ3n) is 2.77. The summed E-state index contributed by atoms with van der Waals surface area (Å²) in [5.41, 5.74) is 7.47. The Labute approximate surface area is 109 Å². The number of hydrogen-bond acceptors (Lipinski definition) is 5. The minimum atomic E-state index is -1.08. The Bertz CT molecular complexity index is 649. The average Bonchev–Trinajstić information content (AvgIpc) is 2.58. The van der Waals surface area contributed by atoms with Gasteiger partial charge in [-0.05, 0) is 19.9 Å². The van der Waals surface area contributed by atoms with Crippen LogP contribution in [0.4, 0.5) is 5.69 Å².